The van der Waals surface area contributed by atoms with Gasteiger partial charge in [0.1, 0.15) is 0 Å². The van der Waals surface area contributed by atoms with Gasteiger partial charge in [0, 0.05) is 0 Å². The van der Waals surface area contributed by atoms with Crippen LogP contribution >= 0.6 is 0 Å². The third-order valence-electron chi connectivity index (χ3n) is 11.8. The molecule has 0 aliphatic heterocycles. The van der Waals surface area contributed by atoms with Gasteiger partial charge in [-0.05, 0) is 134 Å². The topological polar surface area (TPSA) is 0 Å². The van der Waals surface area contributed by atoms with E-state index in [9.17, 15) is 0 Å². The van der Waals surface area contributed by atoms with Crippen molar-refractivity contribution in [2.45, 2.75) is 0 Å². The summed E-state index contributed by atoms with van der Waals surface area (Å²) in [5.74, 6) is 0. The van der Waals surface area contributed by atoms with Crippen molar-refractivity contribution in [1.29, 1.82) is 0 Å². The Morgan fingerprint density at radius 2 is 0.603 bits per heavy atom. The molecular weight excluding hydrogens is 697 g/mol. The van der Waals surface area contributed by atoms with Crippen LogP contribution in [-0.4, -0.2) is 0 Å². The van der Waals surface area contributed by atoms with Gasteiger partial charge in [0.05, 0.1) is 0 Å². The zero-order valence-corrected chi connectivity index (χ0v) is 31.9. The van der Waals surface area contributed by atoms with Crippen molar-refractivity contribution >= 4 is 43.1 Å². The Balaban J connectivity index is 1.17. The summed E-state index contributed by atoms with van der Waals surface area (Å²) in [6.07, 6.45) is 0. The molecule has 0 spiro atoms. The zero-order valence-electron chi connectivity index (χ0n) is 31.9. The third-order valence-corrected chi connectivity index (χ3v) is 11.8. The Bertz CT molecular complexity index is 3260. The lowest BCUT2D eigenvalue weighted by molar-refractivity contribution is 1.56. The minimum Gasteiger partial charge on any atom is -0.0622 e. The third kappa shape index (κ3) is 5.78. The normalized spacial score (nSPS) is 11.4. The molecule has 0 atom stereocenters. The van der Waals surface area contributed by atoms with Crippen LogP contribution in [-0.2, 0) is 0 Å². The molecule has 0 heterocycles. The Hall–Kier alpha value is -7.54. The fourth-order valence-corrected chi connectivity index (χ4v) is 9.19. The second-order valence-corrected chi connectivity index (χ2v) is 15.2. The minimum atomic E-state index is 1.19. The predicted octanol–water partition coefficient (Wildman–Crippen LogP) is 16.3. The van der Waals surface area contributed by atoms with Crippen LogP contribution in [0.25, 0.3) is 110 Å². The number of benzene rings is 11. The van der Waals surface area contributed by atoms with Crippen molar-refractivity contribution in [1.82, 2.24) is 0 Å². The molecule has 0 fully saturated rings. The molecule has 0 nitrogen and oxygen atoms in total. The van der Waals surface area contributed by atoms with Crippen LogP contribution in [0.15, 0.2) is 231 Å². The molecule has 58 heavy (non-hydrogen) atoms. The van der Waals surface area contributed by atoms with E-state index in [0.29, 0.717) is 0 Å². The van der Waals surface area contributed by atoms with Gasteiger partial charge in [0.25, 0.3) is 0 Å². The zero-order chi connectivity index (χ0) is 38.4. The second-order valence-electron chi connectivity index (χ2n) is 15.2. The number of hydrogen-bond donors (Lipinski definition) is 0. The molecule has 11 aromatic carbocycles. The van der Waals surface area contributed by atoms with E-state index in [0.717, 1.165) is 0 Å². The summed E-state index contributed by atoms with van der Waals surface area (Å²) in [5.41, 5.74) is 14.6. The van der Waals surface area contributed by atoms with Gasteiger partial charge in [0.15, 0.2) is 0 Å². The average molecular weight is 735 g/mol. The molecule has 0 N–H and O–H groups in total. The fraction of sp³-hybridized carbons (Fsp3) is 0. The van der Waals surface area contributed by atoms with E-state index < -0.39 is 0 Å². The lowest BCUT2D eigenvalue weighted by Gasteiger charge is -2.20. The maximum atomic E-state index is 2.44. The molecule has 0 heteroatoms. The van der Waals surface area contributed by atoms with Crippen LogP contribution in [0.2, 0.25) is 0 Å². The van der Waals surface area contributed by atoms with Crippen LogP contribution < -0.4 is 0 Å². The van der Waals surface area contributed by atoms with Gasteiger partial charge < -0.3 is 0 Å². The molecule has 0 aliphatic rings. The summed E-state index contributed by atoms with van der Waals surface area (Å²) in [6, 6.07) is 84.6. The predicted molar refractivity (Wildman–Crippen MR) is 249 cm³/mol. The highest BCUT2D eigenvalue weighted by Crippen LogP contribution is 2.46. The Morgan fingerprint density at radius 3 is 1.24 bits per heavy atom. The molecule has 0 aromatic heterocycles. The Morgan fingerprint density at radius 1 is 0.172 bits per heavy atom. The molecular formula is C58H38. The fourth-order valence-electron chi connectivity index (χ4n) is 9.19. The van der Waals surface area contributed by atoms with E-state index in [1.54, 1.807) is 0 Å². The van der Waals surface area contributed by atoms with E-state index in [1.165, 1.54) is 110 Å². The van der Waals surface area contributed by atoms with Gasteiger partial charge in [-0.25, -0.2) is 0 Å². The minimum absolute atomic E-state index is 1.19. The van der Waals surface area contributed by atoms with Gasteiger partial charge >= 0.3 is 0 Å². The van der Waals surface area contributed by atoms with Gasteiger partial charge in [-0.2, -0.15) is 0 Å². The lowest BCUT2D eigenvalue weighted by Crippen LogP contribution is -1.93. The molecule has 0 saturated carbocycles. The largest absolute Gasteiger partial charge is 0.0622 e. The van der Waals surface area contributed by atoms with Gasteiger partial charge in [-0.1, -0.05) is 206 Å². The van der Waals surface area contributed by atoms with Crippen molar-refractivity contribution in [3.63, 3.8) is 0 Å². The Kier molecular flexibility index (Phi) is 8.26. The van der Waals surface area contributed by atoms with E-state index in [1.807, 2.05) is 0 Å². The molecule has 270 valence electrons. The van der Waals surface area contributed by atoms with Gasteiger partial charge in [-0.15, -0.1) is 0 Å². The van der Waals surface area contributed by atoms with Crippen molar-refractivity contribution in [2.24, 2.45) is 0 Å². The average Bonchev–Trinajstić information content (AvgIpc) is 3.31. The first kappa shape index (κ1) is 33.8. The highest BCUT2D eigenvalue weighted by molar-refractivity contribution is 6.21. The first-order valence-corrected chi connectivity index (χ1v) is 20.1. The molecule has 0 aliphatic carbocycles. The number of rotatable bonds is 6. The van der Waals surface area contributed by atoms with E-state index in [2.05, 4.69) is 231 Å². The molecule has 11 rings (SSSR count). The summed E-state index contributed by atoms with van der Waals surface area (Å²) in [6.45, 7) is 0. The number of fused-ring (bicyclic) bond motifs is 5. The monoisotopic (exact) mass is 734 g/mol. The highest BCUT2D eigenvalue weighted by Gasteiger charge is 2.19. The van der Waals surface area contributed by atoms with Crippen molar-refractivity contribution in [3.05, 3.63) is 231 Å². The summed E-state index contributed by atoms with van der Waals surface area (Å²) in [7, 11) is 0. The summed E-state index contributed by atoms with van der Waals surface area (Å²) < 4.78 is 0. The van der Waals surface area contributed by atoms with E-state index >= 15 is 0 Å². The van der Waals surface area contributed by atoms with Crippen LogP contribution in [0.5, 0.6) is 0 Å². The molecule has 0 radical (unpaired) electrons. The van der Waals surface area contributed by atoms with Crippen LogP contribution in [0.4, 0.5) is 0 Å². The standard InChI is InChI=1S/C58H38/c1-3-17-39(18-4-1)41-22-15-23-42(35-41)48-34-33-46(58-53-31-13-11-29-51(53)57(40-19-5-2-6-20-40)52-30-12-14-32-54(52)58)38-55(48)43-24-16-25-44(36-43)56-37-45-21-7-8-26-47(45)49-27-9-10-28-50(49)56/h1-38H. The van der Waals surface area contributed by atoms with Crippen LogP contribution in [0, 0.1) is 0 Å². The van der Waals surface area contributed by atoms with E-state index in [4.69, 9.17) is 0 Å². The van der Waals surface area contributed by atoms with Crippen LogP contribution in [0.1, 0.15) is 0 Å². The van der Waals surface area contributed by atoms with Crippen LogP contribution in [0.3, 0.4) is 0 Å². The van der Waals surface area contributed by atoms with Gasteiger partial charge in [0.2, 0.25) is 0 Å². The van der Waals surface area contributed by atoms with Crippen molar-refractivity contribution < 1.29 is 0 Å². The molecule has 0 saturated heterocycles. The molecule has 0 amide bonds. The summed E-state index contributed by atoms with van der Waals surface area (Å²) >= 11 is 0. The number of hydrogen-bond acceptors (Lipinski definition) is 0. The highest BCUT2D eigenvalue weighted by atomic mass is 14.2. The second kappa shape index (κ2) is 14.2. The lowest BCUT2D eigenvalue weighted by atomic mass is 9.84. The molecule has 0 unspecified atom stereocenters. The van der Waals surface area contributed by atoms with Crippen molar-refractivity contribution in [3.8, 4) is 66.8 Å². The first-order chi connectivity index (χ1) is 28.8. The van der Waals surface area contributed by atoms with Gasteiger partial charge in [-0.3, -0.25) is 0 Å². The van der Waals surface area contributed by atoms with Crippen molar-refractivity contribution in [2.75, 3.05) is 0 Å². The Labute approximate surface area is 339 Å². The maximum Gasteiger partial charge on any atom is -0.00261 e. The SMILES string of the molecule is c1ccc(-c2cccc(-c3ccc(-c4c5ccccc5c(-c5ccccc5)c5ccccc45)cc3-c3cccc(-c4cc5ccccc5c5ccccc45)c3)c2)cc1. The quantitative estimate of drug-likeness (QED) is 0.118. The van der Waals surface area contributed by atoms with E-state index in [-0.39, 0.29) is 0 Å². The smallest absolute Gasteiger partial charge is 0.00261 e. The molecule has 11 aromatic rings. The molecule has 0 bridgehead atoms. The first-order valence-electron chi connectivity index (χ1n) is 20.1. The summed E-state index contributed by atoms with van der Waals surface area (Å²) in [4.78, 5) is 0. The maximum absolute atomic E-state index is 2.44. The summed E-state index contributed by atoms with van der Waals surface area (Å²) in [5, 5.41) is 10.1.